The van der Waals surface area contributed by atoms with Crippen LogP contribution in [0.4, 0.5) is 5.69 Å². The summed E-state index contributed by atoms with van der Waals surface area (Å²) >= 11 is 6.96. The molecule has 4 rings (SSSR count). The number of nitrogens with zero attached hydrogens (tertiary/aromatic N) is 1. The standard InChI is InChI=1S/C20H17ClN4O4S/c21-13-4-2-1-3-12(13)9-24-19(26)17-16(22)18(30-25-17)20(27)23-8-11-5-6-14-15(7-11)29-10-28-14/h1-7H,8-10,22H2,(H,23,27)(H,24,26). The molecule has 154 valence electrons. The van der Waals surface area contributed by atoms with E-state index in [0.29, 0.717) is 16.5 Å². The van der Waals surface area contributed by atoms with Gasteiger partial charge >= 0.3 is 0 Å². The minimum atomic E-state index is -0.474. The molecule has 4 N–H and O–H groups in total. The van der Waals surface area contributed by atoms with Gasteiger partial charge in [0.2, 0.25) is 6.79 Å². The number of aromatic nitrogens is 1. The van der Waals surface area contributed by atoms with E-state index < -0.39 is 11.8 Å². The number of carbonyl (C=O) groups is 2. The lowest BCUT2D eigenvalue weighted by molar-refractivity contribution is 0.0946. The third-order valence-corrected chi connectivity index (χ3v) is 5.67. The van der Waals surface area contributed by atoms with Crippen LogP contribution in [0.1, 0.15) is 31.3 Å². The maximum absolute atomic E-state index is 12.5. The normalized spacial score (nSPS) is 11.9. The molecular formula is C20H17ClN4O4S. The van der Waals surface area contributed by atoms with Gasteiger partial charge in [-0.25, -0.2) is 0 Å². The van der Waals surface area contributed by atoms with Crippen LogP contribution in [-0.2, 0) is 13.1 Å². The molecule has 0 saturated carbocycles. The van der Waals surface area contributed by atoms with Crippen LogP contribution in [0.15, 0.2) is 42.5 Å². The minimum Gasteiger partial charge on any atom is -0.454 e. The first kappa shape index (κ1) is 20.0. The maximum atomic E-state index is 12.5. The second-order valence-electron chi connectivity index (χ2n) is 6.42. The van der Waals surface area contributed by atoms with Crippen LogP contribution >= 0.6 is 23.1 Å². The van der Waals surface area contributed by atoms with E-state index in [1.807, 2.05) is 18.2 Å². The number of benzene rings is 2. The zero-order valence-electron chi connectivity index (χ0n) is 15.6. The summed E-state index contributed by atoms with van der Waals surface area (Å²) in [7, 11) is 0. The van der Waals surface area contributed by atoms with E-state index >= 15 is 0 Å². The SMILES string of the molecule is Nc1c(C(=O)NCc2ccccc2Cl)nsc1C(=O)NCc1ccc2c(c1)OCO2. The Bertz CT molecular complexity index is 1120. The van der Waals surface area contributed by atoms with Gasteiger partial charge in [-0.3, -0.25) is 9.59 Å². The van der Waals surface area contributed by atoms with E-state index in [4.69, 9.17) is 26.8 Å². The van der Waals surface area contributed by atoms with Crippen LogP contribution < -0.4 is 25.8 Å². The number of ether oxygens (including phenoxy) is 2. The Morgan fingerprint density at radius 2 is 1.83 bits per heavy atom. The molecule has 0 spiro atoms. The van der Waals surface area contributed by atoms with Gasteiger partial charge in [0.25, 0.3) is 11.8 Å². The van der Waals surface area contributed by atoms with Crippen molar-refractivity contribution in [3.05, 3.63) is 69.2 Å². The monoisotopic (exact) mass is 444 g/mol. The molecule has 30 heavy (non-hydrogen) atoms. The molecule has 2 aromatic carbocycles. The third kappa shape index (κ3) is 4.17. The van der Waals surface area contributed by atoms with Crippen LogP contribution in [0, 0.1) is 0 Å². The Balaban J connectivity index is 1.37. The van der Waals surface area contributed by atoms with Gasteiger partial charge in [-0.1, -0.05) is 35.9 Å². The zero-order chi connectivity index (χ0) is 21.1. The molecule has 0 fully saturated rings. The van der Waals surface area contributed by atoms with E-state index in [9.17, 15) is 9.59 Å². The van der Waals surface area contributed by atoms with Crippen molar-refractivity contribution in [2.75, 3.05) is 12.5 Å². The molecule has 0 radical (unpaired) electrons. The summed E-state index contributed by atoms with van der Waals surface area (Å²) in [5.74, 6) is 0.423. The Morgan fingerprint density at radius 1 is 1.07 bits per heavy atom. The third-order valence-electron chi connectivity index (χ3n) is 4.44. The summed E-state index contributed by atoms with van der Waals surface area (Å²) in [5.41, 5.74) is 7.67. The topological polar surface area (TPSA) is 116 Å². The molecule has 3 aromatic rings. The Kier molecular flexibility index (Phi) is 5.73. The number of hydrogen-bond acceptors (Lipinski definition) is 7. The van der Waals surface area contributed by atoms with Crippen LogP contribution in [0.25, 0.3) is 0 Å². The summed E-state index contributed by atoms with van der Waals surface area (Å²) in [4.78, 5) is 25.1. The number of carbonyl (C=O) groups excluding carboxylic acids is 2. The average Bonchev–Trinajstić information content (AvgIpc) is 3.37. The first-order chi connectivity index (χ1) is 14.5. The van der Waals surface area contributed by atoms with E-state index in [2.05, 4.69) is 15.0 Å². The molecule has 0 saturated heterocycles. The Hall–Kier alpha value is -3.30. The molecule has 1 aliphatic heterocycles. The Labute approximate surface area is 181 Å². The van der Waals surface area contributed by atoms with Crippen LogP contribution in [0.5, 0.6) is 11.5 Å². The number of rotatable bonds is 6. The van der Waals surface area contributed by atoms with E-state index in [1.165, 1.54) is 0 Å². The number of hydrogen-bond donors (Lipinski definition) is 3. The number of fused-ring (bicyclic) bond motifs is 1. The molecule has 8 nitrogen and oxygen atoms in total. The quantitative estimate of drug-likeness (QED) is 0.538. The summed E-state index contributed by atoms with van der Waals surface area (Å²) < 4.78 is 14.6. The minimum absolute atomic E-state index is 0.0142. The van der Waals surface area contributed by atoms with Crippen LogP contribution in [0.3, 0.4) is 0 Å². The lowest BCUT2D eigenvalue weighted by Crippen LogP contribution is -2.25. The number of nitrogen functional groups attached to an aromatic ring is 1. The highest BCUT2D eigenvalue weighted by Crippen LogP contribution is 2.32. The Morgan fingerprint density at radius 3 is 2.67 bits per heavy atom. The van der Waals surface area contributed by atoms with Gasteiger partial charge in [0, 0.05) is 18.1 Å². The number of amides is 2. The van der Waals surface area contributed by atoms with Gasteiger partial charge in [-0.15, -0.1) is 0 Å². The molecule has 2 heterocycles. The molecule has 0 atom stereocenters. The molecule has 1 aromatic heterocycles. The second kappa shape index (κ2) is 8.60. The first-order valence-electron chi connectivity index (χ1n) is 8.96. The molecular weight excluding hydrogens is 428 g/mol. The van der Waals surface area contributed by atoms with E-state index in [0.717, 1.165) is 22.7 Å². The van der Waals surface area contributed by atoms with Gasteiger partial charge in [0.1, 0.15) is 4.88 Å². The van der Waals surface area contributed by atoms with Crippen molar-refractivity contribution in [3.63, 3.8) is 0 Å². The van der Waals surface area contributed by atoms with E-state index in [1.54, 1.807) is 24.3 Å². The van der Waals surface area contributed by atoms with Gasteiger partial charge < -0.3 is 25.8 Å². The molecule has 1 aliphatic rings. The number of nitrogens with two attached hydrogens (primary N) is 1. The van der Waals surface area contributed by atoms with Gasteiger partial charge in [0.15, 0.2) is 17.2 Å². The highest BCUT2D eigenvalue weighted by Gasteiger charge is 2.22. The molecule has 2 amide bonds. The number of nitrogens with one attached hydrogen (secondary N) is 2. The van der Waals surface area contributed by atoms with Crippen LogP contribution in [0.2, 0.25) is 5.02 Å². The maximum Gasteiger partial charge on any atom is 0.273 e. The van der Waals surface area contributed by atoms with Crippen molar-refractivity contribution >= 4 is 40.6 Å². The predicted molar refractivity (Wildman–Crippen MR) is 113 cm³/mol. The number of halogens is 1. The summed E-state index contributed by atoms with van der Waals surface area (Å²) in [6.07, 6.45) is 0. The smallest absolute Gasteiger partial charge is 0.273 e. The molecule has 0 aliphatic carbocycles. The van der Waals surface area contributed by atoms with Crippen LogP contribution in [-0.4, -0.2) is 23.0 Å². The fourth-order valence-electron chi connectivity index (χ4n) is 2.84. The van der Waals surface area contributed by atoms with E-state index in [-0.39, 0.29) is 36.1 Å². The summed E-state index contributed by atoms with van der Waals surface area (Å²) in [5, 5.41) is 6.03. The second-order valence-corrected chi connectivity index (χ2v) is 7.60. The largest absolute Gasteiger partial charge is 0.454 e. The summed E-state index contributed by atoms with van der Waals surface area (Å²) in [6.45, 7) is 0.672. The first-order valence-corrected chi connectivity index (χ1v) is 10.1. The predicted octanol–water partition coefficient (Wildman–Crippen LogP) is 2.97. The van der Waals surface area contributed by atoms with Crippen molar-refractivity contribution < 1.29 is 19.1 Å². The number of anilines is 1. The fourth-order valence-corrected chi connectivity index (χ4v) is 3.76. The van der Waals surface area contributed by atoms with Gasteiger partial charge in [-0.05, 0) is 40.9 Å². The van der Waals surface area contributed by atoms with Crippen molar-refractivity contribution in [1.29, 1.82) is 0 Å². The van der Waals surface area contributed by atoms with Crippen molar-refractivity contribution in [2.24, 2.45) is 0 Å². The summed E-state index contributed by atoms with van der Waals surface area (Å²) in [6, 6.07) is 12.6. The lowest BCUT2D eigenvalue weighted by atomic mass is 10.2. The van der Waals surface area contributed by atoms with Crippen molar-refractivity contribution in [2.45, 2.75) is 13.1 Å². The highest BCUT2D eigenvalue weighted by molar-refractivity contribution is 7.09. The zero-order valence-corrected chi connectivity index (χ0v) is 17.2. The molecule has 0 unspecified atom stereocenters. The average molecular weight is 445 g/mol. The highest BCUT2D eigenvalue weighted by atomic mass is 35.5. The fraction of sp³-hybridized carbons (Fsp3) is 0.150. The van der Waals surface area contributed by atoms with Crippen molar-refractivity contribution in [3.8, 4) is 11.5 Å². The van der Waals surface area contributed by atoms with Crippen molar-refractivity contribution in [1.82, 2.24) is 15.0 Å². The molecule has 10 heteroatoms. The molecule has 0 bridgehead atoms. The lowest BCUT2D eigenvalue weighted by Gasteiger charge is -2.07. The van der Waals surface area contributed by atoms with Gasteiger partial charge in [0.05, 0.1) is 5.69 Å². The van der Waals surface area contributed by atoms with Gasteiger partial charge in [-0.2, -0.15) is 4.37 Å².